The van der Waals surface area contributed by atoms with E-state index in [9.17, 15) is 14.7 Å². The van der Waals surface area contributed by atoms with Crippen molar-refractivity contribution in [2.24, 2.45) is 0 Å². The molecule has 0 atom stereocenters. The van der Waals surface area contributed by atoms with E-state index in [0.29, 0.717) is 18.7 Å². The zero-order valence-electron chi connectivity index (χ0n) is 10.5. The predicted molar refractivity (Wildman–Crippen MR) is 64.9 cm³/mol. The highest BCUT2D eigenvalue weighted by atomic mass is 16.5. The second kappa shape index (κ2) is 5.21. The van der Waals surface area contributed by atoms with Crippen LogP contribution in [0.2, 0.25) is 0 Å². The minimum atomic E-state index is -1.17. The highest BCUT2D eigenvalue weighted by Crippen LogP contribution is 2.30. The van der Waals surface area contributed by atoms with Crippen molar-refractivity contribution in [1.29, 1.82) is 0 Å². The first-order valence-corrected chi connectivity index (χ1v) is 6.01. The van der Waals surface area contributed by atoms with Crippen molar-refractivity contribution in [2.75, 3.05) is 7.11 Å². The molecule has 1 saturated carbocycles. The smallest absolute Gasteiger partial charge is 0.329 e. The Kier molecular flexibility index (Phi) is 3.64. The summed E-state index contributed by atoms with van der Waals surface area (Å²) in [5, 5.41) is 19.2. The van der Waals surface area contributed by atoms with E-state index in [0.717, 1.165) is 12.8 Å². The van der Waals surface area contributed by atoms with Gasteiger partial charge in [0.15, 0.2) is 5.69 Å². The largest absolute Gasteiger partial charge is 0.480 e. The molecule has 0 aromatic carbocycles. The van der Waals surface area contributed by atoms with E-state index in [1.807, 2.05) is 0 Å². The van der Waals surface area contributed by atoms with Gasteiger partial charge in [0.1, 0.15) is 5.54 Å². The molecule has 0 saturated heterocycles. The molecule has 7 nitrogen and oxygen atoms in total. The standard InChI is InChI=1S/C12H15N3O4/c1-19-9-5-4-8(14-15-9)10(16)13-12(11(17)18)6-2-3-7-12/h4-5H,2-3,6-7H2,1H3,(H,13,16)(H,17,18). The number of aromatic nitrogens is 2. The number of carbonyl (C=O) groups is 2. The molecular weight excluding hydrogens is 250 g/mol. The number of carbonyl (C=O) groups excluding carboxylic acids is 1. The molecule has 1 fully saturated rings. The van der Waals surface area contributed by atoms with Crippen molar-refractivity contribution in [2.45, 2.75) is 31.2 Å². The summed E-state index contributed by atoms with van der Waals surface area (Å²) < 4.78 is 4.84. The SMILES string of the molecule is COc1ccc(C(=O)NC2(C(=O)O)CCCC2)nn1. The molecule has 1 aromatic heterocycles. The van der Waals surface area contributed by atoms with Crippen LogP contribution in [0.4, 0.5) is 0 Å². The molecule has 2 rings (SSSR count). The number of rotatable bonds is 4. The molecule has 0 aliphatic heterocycles. The number of nitrogens with zero attached hydrogens (tertiary/aromatic N) is 2. The van der Waals surface area contributed by atoms with E-state index in [2.05, 4.69) is 15.5 Å². The first kappa shape index (κ1) is 13.3. The van der Waals surface area contributed by atoms with Gasteiger partial charge in [0.25, 0.3) is 5.91 Å². The van der Waals surface area contributed by atoms with E-state index in [4.69, 9.17) is 4.74 Å². The molecule has 0 bridgehead atoms. The molecule has 2 N–H and O–H groups in total. The minimum Gasteiger partial charge on any atom is -0.480 e. The zero-order valence-corrected chi connectivity index (χ0v) is 10.5. The molecule has 1 heterocycles. The van der Waals surface area contributed by atoms with Gasteiger partial charge in [0.05, 0.1) is 7.11 Å². The lowest BCUT2D eigenvalue weighted by Gasteiger charge is -2.24. The van der Waals surface area contributed by atoms with Gasteiger partial charge in [-0.1, -0.05) is 12.8 Å². The van der Waals surface area contributed by atoms with Crippen LogP contribution in [-0.4, -0.2) is 39.8 Å². The van der Waals surface area contributed by atoms with Gasteiger partial charge in [-0.15, -0.1) is 10.2 Å². The predicted octanol–water partition coefficient (Wildman–Crippen LogP) is 0.612. The van der Waals surface area contributed by atoms with Crippen molar-refractivity contribution < 1.29 is 19.4 Å². The summed E-state index contributed by atoms with van der Waals surface area (Å²) >= 11 is 0. The molecule has 7 heteroatoms. The summed E-state index contributed by atoms with van der Waals surface area (Å²) in [4.78, 5) is 23.3. The molecule has 1 amide bonds. The van der Waals surface area contributed by atoms with Gasteiger partial charge in [0, 0.05) is 6.07 Å². The van der Waals surface area contributed by atoms with E-state index >= 15 is 0 Å². The molecule has 1 aliphatic carbocycles. The fraction of sp³-hybridized carbons (Fsp3) is 0.500. The van der Waals surface area contributed by atoms with Crippen LogP contribution in [-0.2, 0) is 4.79 Å². The van der Waals surface area contributed by atoms with Gasteiger partial charge in [-0.05, 0) is 18.9 Å². The van der Waals surface area contributed by atoms with Crippen LogP contribution in [0.25, 0.3) is 0 Å². The van der Waals surface area contributed by atoms with Crippen LogP contribution >= 0.6 is 0 Å². The van der Waals surface area contributed by atoms with Gasteiger partial charge in [-0.25, -0.2) is 4.79 Å². The number of aliphatic carboxylic acids is 1. The zero-order chi connectivity index (χ0) is 13.9. The third-order valence-corrected chi connectivity index (χ3v) is 3.30. The van der Waals surface area contributed by atoms with Crippen LogP contribution in [0.15, 0.2) is 12.1 Å². The number of hydrogen-bond donors (Lipinski definition) is 2. The maximum Gasteiger partial charge on any atom is 0.329 e. The number of ether oxygens (including phenoxy) is 1. The van der Waals surface area contributed by atoms with E-state index in [-0.39, 0.29) is 5.69 Å². The summed E-state index contributed by atoms with van der Waals surface area (Å²) in [6, 6.07) is 2.95. The maximum absolute atomic E-state index is 12.0. The molecular formula is C12H15N3O4. The highest BCUT2D eigenvalue weighted by molar-refractivity contribution is 5.96. The third-order valence-electron chi connectivity index (χ3n) is 3.30. The van der Waals surface area contributed by atoms with Crippen molar-refractivity contribution >= 4 is 11.9 Å². The Morgan fingerprint density at radius 2 is 2.00 bits per heavy atom. The van der Waals surface area contributed by atoms with Crippen LogP contribution in [0.1, 0.15) is 36.2 Å². The quantitative estimate of drug-likeness (QED) is 0.827. The van der Waals surface area contributed by atoms with Crippen molar-refractivity contribution in [1.82, 2.24) is 15.5 Å². The Morgan fingerprint density at radius 3 is 2.47 bits per heavy atom. The first-order valence-electron chi connectivity index (χ1n) is 6.01. The van der Waals surface area contributed by atoms with Gasteiger partial charge in [0.2, 0.25) is 5.88 Å². The average molecular weight is 265 g/mol. The van der Waals surface area contributed by atoms with Crippen molar-refractivity contribution in [3.05, 3.63) is 17.8 Å². The Balaban J connectivity index is 2.13. The summed E-state index contributed by atoms with van der Waals surface area (Å²) in [7, 11) is 1.45. The Morgan fingerprint density at radius 1 is 1.32 bits per heavy atom. The first-order chi connectivity index (χ1) is 9.07. The summed E-state index contributed by atoms with van der Waals surface area (Å²) in [5.74, 6) is -1.23. The number of carboxylic acids is 1. The van der Waals surface area contributed by atoms with Crippen LogP contribution in [0.5, 0.6) is 5.88 Å². The maximum atomic E-state index is 12.0. The van der Waals surface area contributed by atoms with E-state index < -0.39 is 17.4 Å². The average Bonchev–Trinajstić information content (AvgIpc) is 2.88. The van der Waals surface area contributed by atoms with Gasteiger partial charge < -0.3 is 15.2 Å². The van der Waals surface area contributed by atoms with E-state index in [1.54, 1.807) is 0 Å². The number of methoxy groups -OCH3 is 1. The lowest BCUT2D eigenvalue weighted by molar-refractivity contribution is -0.144. The second-order valence-corrected chi connectivity index (χ2v) is 4.51. The molecule has 0 radical (unpaired) electrons. The highest BCUT2D eigenvalue weighted by Gasteiger charge is 2.42. The molecule has 0 spiro atoms. The fourth-order valence-electron chi connectivity index (χ4n) is 2.20. The summed E-state index contributed by atoms with van der Waals surface area (Å²) in [5.41, 5.74) is -1.09. The molecule has 0 unspecified atom stereocenters. The number of hydrogen-bond acceptors (Lipinski definition) is 5. The monoisotopic (exact) mass is 265 g/mol. The second-order valence-electron chi connectivity index (χ2n) is 4.51. The molecule has 19 heavy (non-hydrogen) atoms. The Bertz CT molecular complexity index is 480. The Labute approximate surface area is 110 Å². The van der Waals surface area contributed by atoms with Crippen LogP contribution < -0.4 is 10.1 Å². The topological polar surface area (TPSA) is 101 Å². The van der Waals surface area contributed by atoms with E-state index in [1.165, 1.54) is 19.2 Å². The van der Waals surface area contributed by atoms with Crippen molar-refractivity contribution in [3.8, 4) is 5.88 Å². The van der Waals surface area contributed by atoms with Crippen LogP contribution in [0, 0.1) is 0 Å². The third kappa shape index (κ3) is 2.64. The number of carboxylic acid groups (broad SMARTS) is 1. The summed E-state index contributed by atoms with van der Waals surface area (Å²) in [6.07, 6.45) is 2.47. The van der Waals surface area contributed by atoms with Gasteiger partial charge in [-0.3, -0.25) is 4.79 Å². The normalized spacial score (nSPS) is 16.9. The van der Waals surface area contributed by atoms with Crippen LogP contribution in [0.3, 0.4) is 0 Å². The van der Waals surface area contributed by atoms with Gasteiger partial charge >= 0.3 is 5.97 Å². The fourth-order valence-corrected chi connectivity index (χ4v) is 2.20. The molecule has 1 aromatic rings. The van der Waals surface area contributed by atoms with Crippen molar-refractivity contribution in [3.63, 3.8) is 0 Å². The lowest BCUT2D eigenvalue weighted by atomic mass is 9.97. The lowest BCUT2D eigenvalue weighted by Crippen LogP contribution is -2.52. The Hall–Kier alpha value is -2.18. The minimum absolute atomic E-state index is 0.0772. The summed E-state index contributed by atoms with van der Waals surface area (Å²) in [6.45, 7) is 0. The van der Waals surface area contributed by atoms with Gasteiger partial charge in [-0.2, -0.15) is 0 Å². The molecule has 1 aliphatic rings. The number of nitrogens with one attached hydrogen (secondary N) is 1. The number of amides is 1. The molecule has 102 valence electrons.